The van der Waals surface area contributed by atoms with Gasteiger partial charge in [-0.15, -0.1) is 0 Å². The Balaban J connectivity index is 1.29. The first-order valence-electron chi connectivity index (χ1n) is 9.68. The number of H-pyrrole nitrogens is 1. The van der Waals surface area contributed by atoms with Gasteiger partial charge in [0.05, 0.1) is 23.8 Å². The molecule has 0 unspecified atom stereocenters. The molecule has 0 radical (unpaired) electrons. The quantitative estimate of drug-likeness (QED) is 0.450. The predicted octanol–water partition coefficient (Wildman–Crippen LogP) is 4.68. The SMILES string of the molecule is c1ccc(-c2ccc(-c3[nH]ncc3CNCc3cnc4ccccn34)cc2)cc1. The maximum absolute atomic E-state index is 4.44. The van der Waals surface area contributed by atoms with E-state index in [0.29, 0.717) is 0 Å². The van der Waals surface area contributed by atoms with Crippen molar-refractivity contribution in [2.45, 2.75) is 13.1 Å². The second-order valence-corrected chi connectivity index (χ2v) is 7.00. The molecule has 0 atom stereocenters. The van der Waals surface area contributed by atoms with Gasteiger partial charge in [-0.25, -0.2) is 4.98 Å². The van der Waals surface area contributed by atoms with Gasteiger partial charge in [0, 0.05) is 24.8 Å². The molecule has 0 saturated heterocycles. The third-order valence-electron chi connectivity index (χ3n) is 5.11. The Morgan fingerprint density at radius 2 is 1.52 bits per heavy atom. The van der Waals surface area contributed by atoms with E-state index in [1.807, 2.05) is 42.9 Å². The van der Waals surface area contributed by atoms with Crippen LogP contribution in [-0.4, -0.2) is 19.6 Å². The molecular weight excluding hydrogens is 358 g/mol. The van der Waals surface area contributed by atoms with Crippen molar-refractivity contribution in [3.05, 3.63) is 103 Å². The largest absolute Gasteiger partial charge is 0.307 e. The zero-order valence-corrected chi connectivity index (χ0v) is 15.9. The molecular formula is C24H21N5. The van der Waals surface area contributed by atoms with Crippen LogP contribution in [0.25, 0.3) is 28.0 Å². The first kappa shape index (κ1) is 17.4. The topological polar surface area (TPSA) is 58.0 Å². The van der Waals surface area contributed by atoms with Crippen LogP contribution in [0.15, 0.2) is 91.4 Å². The molecule has 2 aromatic carbocycles. The molecule has 0 amide bonds. The Bertz CT molecular complexity index is 1220. The van der Waals surface area contributed by atoms with E-state index >= 15 is 0 Å². The highest BCUT2D eigenvalue weighted by molar-refractivity contribution is 5.69. The van der Waals surface area contributed by atoms with E-state index < -0.39 is 0 Å². The van der Waals surface area contributed by atoms with E-state index in [4.69, 9.17) is 0 Å². The van der Waals surface area contributed by atoms with Crippen molar-refractivity contribution in [3.8, 4) is 22.4 Å². The standard InChI is InChI=1S/C24H21N5/c1-2-6-18(7-3-1)19-9-11-20(12-10-19)24-21(15-27-28-24)14-25-16-22-17-26-23-8-4-5-13-29(22)23/h1-13,15,17,25H,14,16H2,(H,27,28). The van der Waals surface area contributed by atoms with Crippen molar-refractivity contribution < 1.29 is 0 Å². The number of imidazole rings is 1. The number of nitrogens with one attached hydrogen (secondary N) is 2. The molecule has 0 bridgehead atoms. The minimum atomic E-state index is 0.729. The number of pyridine rings is 1. The molecule has 5 heteroatoms. The summed E-state index contributed by atoms with van der Waals surface area (Å²) in [6, 6.07) is 25.0. The number of hydrogen-bond donors (Lipinski definition) is 2. The molecule has 142 valence electrons. The lowest BCUT2D eigenvalue weighted by Crippen LogP contribution is -2.14. The first-order valence-corrected chi connectivity index (χ1v) is 9.68. The summed E-state index contributed by atoms with van der Waals surface area (Å²) in [6.07, 6.45) is 5.85. The van der Waals surface area contributed by atoms with Crippen LogP contribution in [0, 0.1) is 0 Å². The van der Waals surface area contributed by atoms with Crippen molar-refractivity contribution >= 4 is 5.65 Å². The number of aromatic nitrogens is 4. The average molecular weight is 379 g/mol. The highest BCUT2D eigenvalue weighted by Gasteiger charge is 2.09. The second-order valence-electron chi connectivity index (χ2n) is 7.00. The van der Waals surface area contributed by atoms with Crippen LogP contribution >= 0.6 is 0 Å². The van der Waals surface area contributed by atoms with Gasteiger partial charge in [-0.3, -0.25) is 5.10 Å². The van der Waals surface area contributed by atoms with Gasteiger partial charge in [-0.05, 0) is 28.8 Å². The van der Waals surface area contributed by atoms with Crippen LogP contribution in [0.4, 0.5) is 0 Å². The maximum atomic E-state index is 4.44. The first-order chi connectivity index (χ1) is 14.4. The van der Waals surface area contributed by atoms with Gasteiger partial charge in [0.2, 0.25) is 0 Å². The number of hydrogen-bond acceptors (Lipinski definition) is 3. The molecule has 0 spiro atoms. The van der Waals surface area contributed by atoms with Crippen LogP contribution < -0.4 is 5.32 Å². The molecule has 0 saturated carbocycles. The number of benzene rings is 2. The minimum Gasteiger partial charge on any atom is -0.307 e. The summed E-state index contributed by atoms with van der Waals surface area (Å²) < 4.78 is 2.10. The number of nitrogens with zero attached hydrogens (tertiary/aromatic N) is 3. The maximum Gasteiger partial charge on any atom is 0.136 e. The number of rotatable bonds is 6. The fourth-order valence-corrected chi connectivity index (χ4v) is 3.60. The molecule has 3 heterocycles. The third-order valence-corrected chi connectivity index (χ3v) is 5.11. The van der Waals surface area contributed by atoms with E-state index in [1.54, 1.807) is 0 Å². The van der Waals surface area contributed by atoms with Crippen LogP contribution in [-0.2, 0) is 13.1 Å². The smallest absolute Gasteiger partial charge is 0.136 e. The van der Waals surface area contributed by atoms with Crippen molar-refractivity contribution in [1.82, 2.24) is 24.9 Å². The highest BCUT2D eigenvalue weighted by Crippen LogP contribution is 2.25. The number of aromatic amines is 1. The van der Waals surface area contributed by atoms with Gasteiger partial charge in [-0.1, -0.05) is 60.7 Å². The van der Waals surface area contributed by atoms with Crippen LogP contribution in [0.5, 0.6) is 0 Å². The Labute approximate surface area is 169 Å². The van der Waals surface area contributed by atoms with Crippen LogP contribution in [0.1, 0.15) is 11.3 Å². The lowest BCUT2D eigenvalue weighted by atomic mass is 10.0. The lowest BCUT2D eigenvalue weighted by Gasteiger charge is -2.07. The summed E-state index contributed by atoms with van der Waals surface area (Å²) in [5.74, 6) is 0. The molecule has 0 aliphatic rings. The fraction of sp³-hybridized carbons (Fsp3) is 0.0833. The molecule has 3 aromatic heterocycles. The zero-order chi connectivity index (χ0) is 19.5. The minimum absolute atomic E-state index is 0.729. The molecule has 0 aliphatic heterocycles. The predicted molar refractivity (Wildman–Crippen MR) is 115 cm³/mol. The van der Waals surface area contributed by atoms with E-state index in [1.165, 1.54) is 11.1 Å². The molecule has 5 aromatic rings. The van der Waals surface area contributed by atoms with Crippen molar-refractivity contribution in [1.29, 1.82) is 0 Å². The molecule has 29 heavy (non-hydrogen) atoms. The van der Waals surface area contributed by atoms with Crippen LogP contribution in [0.3, 0.4) is 0 Å². The van der Waals surface area contributed by atoms with Gasteiger partial charge >= 0.3 is 0 Å². The molecule has 0 aliphatic carbocycles. The van der Waals surface area contributed by atoms with Gasteiger partial charge < -0.3 is 9.72 Å². The summed E-state index contributed by atoms with van der Waals surface area (Å²) in [6.45, 7) is 1.47. The van der Waals surface area contributed by atoms with Gasteiger partial charge in [-0.2, -0.15) is 5.10 Å². The Hall–Kier alpha value is -3.70. The lowest BCUT2D eigenvalue weighted by molar-refractivity contribution is 0.676. The zero-order valence-electron chi connectivity index (χ0n) is 15.9. The monoisotopic (exact) mass is 379 g/mol. The van der Waals surface area contributed by atoms with Crippen molar-refractivity contribution in [2.75, 3.05) is 0 Å². The van der Waals surface area contributed by atoms with E-state index in [2.05, 4.69) is 73.4 Å². The summed E-state index contributed by atoms with van der Waals surface area (Å²) in [7, 11) is 0. The summed E-state index contributed by atoms with van der Waals surface area (Å²) >= 11 is 0. The highest BCUT2D eigenvalue weighted by atomic mass is 15.1. The van der Waals surface area contributed by atoms with Gasteiger partial charge in [0.25, 0.3) is 0 Å². The fourth-order valence-electron chi connectivity index (χ4n) is 3.60. The second kappa shape index (κ2) is 7.73. The van der Waals surface area contributed by atoms with Crippen molar-refractivity contribution in [3.63, 3.8) is 0 Å². The summed E-state index contributed by atoms with van der Waals surface area (Å²) in [5, 5.41) is 10.9. The molecule has 5 rings (SSSR count). The Kier molecular flexibility index (Phi) is 4.64. The molecule has 2 N–H and O–H groups in total. The van der Waals surface area contributed by atoms with Crippen molar-refractivity contribution in [2.24, 2.45) is 0 Å². The summed E-state index contributed by atoms with van der Waals surface area (Å²) in [5.41, 5.74) is 7.86. The van der Waals surface area contributed by atoms with Gasteiger partial charge in [0.1, 0.15) is 5.65 Å². The summed E-state index contributed by atoms with van der Waals surface area (Å²) in [4.78, 5) is 4.44. The molecule has 5 nitrogen and oxygen atoms in total. The third kappa shape index (κ3) is 3.56. The Morgan fingerprint density at radius 1 is 0.759 bits per heavy atom. The van der Waals surface area contributed by atoms with Gasteiger partial charge in [0.15, 0.2) is 0 Å². The van der Waals surface area contributed by atoms with Crippen LogP contribution in [0.2, 0.25) is 0 Å². The Morgan fingerprint density at radius 3 is 2.38 bits per heavy atom. The average Bonchev–Trinajstić information content (AvgIpc) is 3.42. The molecule has 0 fully saturated rings. The normalized spacial score (nSPS) is 11.2. The van der Waals surface area contributed by atoms with E-state index in [9.17, 15) is 0 Å². The number of fused-ring (bicyclic) bond motifs is 1. The van der Waals surface area contributed by atoms with E-state index in [-0.39, 0.29) is 0 Å². The van der Waals surface area contributed by atoms with E-state index in [0.717, 1.165) is 41.3 Å².